The Bertz CT molecular complexity index is 149. The van der Waals surface area contributed by atoms with Crippen LogP contribution in [0.25, 0.3) is 0 Å². The molecular weight excluding hydrogens is 190 g/mol. The molecule has 11 heavy (non-hydrogen) atoms. The summed E-state index contributed by atoms with van der Waals surface area (Å²) in [6.07, 6.45) is -0.224. The molecule has 0 heterocycles. The van der Waals surface area contributed by atoms with Gasteiger partial charge in [-0.3, -0.25) is 9.59 Å². The molecule has 0 aliphatic heterocycles. The van der Waals surface area contributed by atoms with Gasteiger partial charge in [-0.15, -0.1) is 0 Å². The van der Waals surface area contributed by atoms with E-state index < -0.39 is 18.0 Å². The largest absolute Gasteiger partial charge is 0.481 e. The molecule has 5 nitrogen and oxygen atoms in total. The van der Waals surface area contributed by atoms with E-state index in [-0.39, 0.29) is 30.2 Å². The fourth-order valence-electron chi connectivity index (χ4n) is 0.402. The summed E-state index contributed by atoms with van der Waals surface area (Å²) in [4.78, 5) is 19.9. The van der Waals surface area contributed by atoms with Crippen molar-refractivity contribution < 1.29 is 37.2 Å². The minimum Gasteiger partial charge on any atom is -0.481 e. The van der Waals surface area contributed by atoms with E-state index in [0.29, 0.717) is 0 Å². The van der Waals surface area contributed by atoms with Gasteiger partial charge in [0, 0.05) is 23.8 Å². The van der Waals surface area contributed by atoms with Crippen LogP contribution >= 0.6 is 0 Å². The third-order valence-electron chi connectivity index (χ3n) is 0.986. The zero-order valence-electron chi connectivity index (χ0n) is 5.69. The van der Waals surface area contributed by atoms with E-state index in [4.69, 9.17) is 15.9 Å². The molecule has 0 bridgehead atoms. The van der Waals surface area contributed by atoms with Gasteiger partial charge in [0.1, 0.15) is 6.04 Å². The average Bonchev–Trinajstić information content (AvgIpc) is 1.82. The number of carboxylic acid groups (broad SMARTS) is 2. The molecule has 0 amide bonds. The van der Waals surface area contributed by atoms with Crippen LogP contribution in [-0.2, 0) is 27.0 Å². The topological polar surface area (TPSA) is 101 Å². The molecule has 64 valence electrons. The summed E-state index contributed by atoms with van der Waals surface area (Å²) in [5.74, 6) is -2.20. The van der Waals surface area contributed by atoms with Crippen LogP contribution in [0, 0.1) is 0 Å². The standard InChI is InChI=1S/C5H9NO4.Cr/c6-3(5(9)10)1-2-4(7)8;/h3H,1-2,6H2,(H,7,8)(H,9,10);/t3-;/m0./s1. The van der Waals surface area contributed by atoms with Crippen LogP contribution in [0.15, 0.2) is 0 Å². The molecule has 0 unspecified atom stereocenters. The van der Waals surface area contributed by atoms with Crippen molar-refractivity contribution in [3.05, 3.63) is 0 Å². The number of hydrogen-bond acceptors (Lipinski definition) is 3. The van der Waals surface area contributed by atoms with Gasteiger partial charge in [-0.25, -0.2) is 0 Å². The zero-order valence-corrected chi connectivity index (χ0v) is 6.96. The molecule has 0 aromatic rings. The van der Waals surface area contributed by atoms with E-state index >= 15 is 0 Å². The number of carboxylic acids is 2. The maximum absolute atomic E-state index is 9.99. The summed E-state index contributed by atoms with van der Waals surface area (Å²) in [5, 5.41) is 16.3. The van der Waals surface area contributed by atoms with Crippen LogP contribution in [0.5, 0.6) is 0 Å². The Morgan fingerprint density at radius 2 is 1.82 bits per heavy atom. The summed E-state index contributed by atoms with van der Waals surface area (Å²) in [6, 6.07) is -1.06. The molecule has 0 aromatic carbocycles. The van der Waals surface area contributed by atoms with Crippen LogP contribution in [-0.4, -0.2) is 28.2 Å². The third kappa shape index (κ3) is 7.33. The number of rotatable bonds is 4. The van der Waals surface area contributed by atoms with Crippen molar-refractivity contribution >= 4 is 11.9 Å². The van der Waals surface area contributed by atoms with Crippen molar-refractivity contribution in [1.82, 2.24) is 0 Å². The Labute approximate surface area is 74.3 Å². The van der Waals surface area contributed by atoms with E-state index in [1.54, 1.807) is 0 Å². The quantitative estimate of drug-likeness (QED) is 0.553. The minimum atomic E-state index is -1.17. The van der Waals surface area contributed by atoms with Crippen molar-refractivity contribution in [3.63, 3.8) is 0 Å². The monoisotopic (exact) mass is 199 g/mol. The molecule has 6 heteroatoms. The van der Waals surface area contributed by atoms with E-state index in [1.165, 1.54) is 0 Å². The molecule has 0 saturated carbocycles. The van der Waals surface area contributed by atoms with Gasteiger partial charge in [0.05, 0.1) is 0 Å². The summed E-state index contributed by atoms with van der Waals surface area (Å²) < 4.78 is 0. The van der Waals surface area contributed by atoms with Gasteiger partial charge in [-0.05, 0) is 6.42 Å². The van der Waals surface area contributed by atoms with Crippen molar-refractivity contribution in [2.75, 3.05) is 0 Å². The average molecular weight is 199 g/mol. The zero-order chi connectivity index (χ0) is 8.15. The van der Waals surface area contributed by atoms with Crippen molar-refractivity contribution in [3.8, 4) is 0 Å². The predicted molar refractivity (Wildman–Crippen MR) is 32.5 cm³/mol. The first-order valence-electron chi connectivity index (χ1n) is 2.74. The Morgan fingerprint density at radius 3 is 2.09 bits per heavy atom. The van der Waals surface area contributed by atoms with Gasteiger partial charge >= 0.3 is 11.9 Å². The van der Waals surface area contributed by atoms with E-state index in [9.17, 15) is 9.59 Å². The summed E-state index contributed by atoms with van der Waals surface area (Å²) in [5.41, 5.74) is 5.00. The number of hydrogen-bond donors (Lipinski definition) is 3. The second-order valence-electron chi connectivity index (χ2n) is 1.88. The fraction of sp³-hybridized carbons (Fsp3) is 0.600. The van der Waals surface area contributed by atoms with Crippen LogP contribution in [0.2, 0.25) is 0 Å². The van der Waals surface area contributed by atoms with Gasteiger partial charge in [0.2, 0.25) is 0 Å². The first-order chi connectivity index (χ1) is 4.54. The Hall–Kier alpha value is -0.568. The molecule has 0 radical (unpaired) electrons. The molecule has 4 N–H and O–H groups in total. The van der Waals surface area contributed by atoms with E-state index in [0.717, 1.165) is 0 Å². The smallest absolute Gasteiger partial charge is 0.320 e. The summed E-state index contributed by atoms with van der Waals surface area (Å²) >= 11 is 0. The van der Waals surface area contributed by atoms with Gasteiger partial charge in [0.15, 0.2) is 0 Å². The predicted octanol–water partition coefficient (Wildman–Crippen LogP) is -0.739. The number of aliphatic carboxylic acids is 2. The second kappa shape index (κ2) is 6.16. The SMILES string of the molecule is N[C@@H](CCC(=O)O)C(=O)O.[Cr]. The van der Waals surface area contributed by atoms with E-state index in [1.807, 2.05) is 0 Å². The normalized spacial score (nSPS) is 11.4. The molecular formula is C5H9CrNO4. The third-order valence-corrected chi connectivity index (χ3v) is 0.986. The maximum atomic E-state index is 9.99. The Morgan fingerprint density at radius 1 is 1.36 bits per heavy atom. The van der Waals surface area contributed by atoms with Crippen LogP contribution < -0.4 is 5.73 Å². The Balaban J connectivity index is 0. The molecule has 0 saturated heterocycles. The van der Waals surface area contributed by atoms with Crippen LogP contribution in [0.1, 0.15) is 12.8 Å². The van der Waals surface area contributed by atoms with Gasteiger partial charge in [-0.1, -0.05) is 0 Å². The molecule has 1 atom stereocenters. The summed E-state index contributed by atoms with van der Waals surface area (Å²) in [6.45, 7) is 0. The molecule has 0 spiro atoms. The Kier molecular flexibility index (Phi) is 7.31. The fourth-order valence-corrected chi connectivity index (χ4v) is 0.402. The van der Waals surface area contributed by atoms with Crippen molar-refractivity contribution in [2.45, 2.75) is 18.9 Å². The first-order valence-corrected chi connectivity index (χ1v) is 2.74. The molecule has 0 rings (SSSR count). The maximum Gasteiger partial charge on any atom is 0.320 e. The summed E-state index contributed by atoms with van der Waals surface area (Å²) in [7, 11) is 0. The van der Waals surface area contributed by atoms with Gasteiger partial charge in [0.25, 0.3) is 0 Å². The van der Waals surface area contributed by atoms with Crippen LogP contribution in [0.4, 0.5) is 0 Å². The van der Waals surface area contributed by atoms with Gasteiger partial charge in [-0.2, -0.15) is 0 Å². The van der Waals surface area contributed by atoms with Crippen molar-refractivity contribution in [1.29, 1.82) is 0 Å². The number of nitrogens with two attached hydrogens (primary N) is 1. The molecule has 0 aromatic heterocycles. The minimum absolute atomic E-state index is 0. The van der Waals surface area contributed by atoms with E-state index in [2.05, 4.69) is 0 Å². The second-order valence-corrected chi connectivity index (χ2v) is 1.88. The van der Waals surface area contributed by atoms with Crippen molar-refractivity contribution in [2.24, 2.45) is 5.73 Å². The molecule has 0 fully saturated rings. The van der Waals surface area contributed by atoms with Crippen LogP contribution in [0.3, 0.4) is 0 Å². The number of carbonyl (C=O) groups is 2. The van der Waals surface area contributed by atoms with Gasteiger partial charge < -0.3 is 15.9 Å². The molecule has 0 aliphatic carbocycles. The first kappa shape index (κ1) is 13.1. The molecule has 0 aliphatic rings.